The third-order valence-corrected chi connectivity index (χ3v) is 9.55. The van der Waals surface area contributed by atoms with E-state index in [4.69, 9.17) is 23.7 Å². The Bertz CT molecular complexity index is 1680. The molecule has 6 bridgehead atoms. The largest absolute Gasteiger partial charge is 0.493 e. The summed E-state index contributed by atoms with van der Waals surface area (Å²) < 4.78 is 31.2. The fourth-order valence-corrected chi connectivity index (χ4v) is 7.10. The number of fused-ring (bicyclic) bond motifs is 3. The maximum Gasteiger partial charge on any atom is 0.231 e. The van der Waals surface area contributed by atoms with Crippen molar-refractivity contribution in [2.75, 3.05) is 41.1 Å². The summed E-state index contributed by atoms with van der Waals surface area (Å²) in [6.07, 6.45) is 3.57. The fourth-order valence-electron chi connectivity index (χ4n) is 7.10. The molecule has 1 unspecified atom stereocenters. The number of ether oxygens (including phenoxy) is 5. The van der Waals surface area contributed by atoms with Crippen molar-refractivity contribution in [1.82, 2.24) is 9.80 Å². The molecular formula is C36H36N2O5. The highest BCUT2D eigenvalue weighted by molar-refractivity contribution is 5.64. The molecule has 0 spiro atoms. The van der Waals surface area contributed by atoms with Gasteiger partial charge in [0.2, 0.25) is 12.5 Å². The lowest BCUT2D eigenvalue weighted by atomic mass is 9.87. The lowest BCUT2D eigenvalue weighted by molar-refractivity contribution is 0.171. The Balaban J connectivity index is 1.33. The van der Waals surface area contributed by atoms with Gasteiger partial charge >= 0.3 is 0 Å². The average molecular weight is 577 g/mol. The standard InChI is InChI=1S/C36H36N2O5/c1-37-14-12-24-18-31(39-3)32-20-28(24)29(37)16-22-4-8-26(9-5-22)42-27-10-6-23(7-11-27)17-30-34-25(13-15-38(30)2)19-33-35(36(34)43-32)41-21-40-33/h4-11,18-20,29-30H,12-17,21H2,1-3H3/t29?,30-/m0/s1. The third-order valence-electron chi connectivity index (χ3n) is 9.55. The summed E-state index contributed by atoms with van der Waals surface area (Å²) in [6, 6.07) is 23.8. The van der Waals surface area contributed by atoms with E-state index in [0.29, 0.717) is 11.5 Å². The highest BCUT2D eigenvalue weighted by Gasteiger charge is 2.36. The van der Waals surface area contributed by atoms with Crippen molar-refractivity contribution in [2.24, 2.45) is 0 Å². The van der Waals surface area contributed by atoms with E-state index in [1.165, 1.54) is 27.8 Å². The van der Waals surface area contributed by atoms with Crippen molar-refractivity contribution < 1.29 is 23.7 Å². The van der Waals surface area contributed by atoms with Crippen molar-refractivity contribution in [1.29, 1.82) is 0 Å². The predicted octanol–water partition coefficient (Wildman–Crippen LogP) is 6.87. The number of hydrogen-bond acceptors (Lipinski definition) is 7. The number of nitrogens with zero attached hydrogens (tertiary/aromatic N) is 2. The summed E-state index contributed by atoms with van der Waals surface area (Å²) in [7, 11) is 6.12. The Kier molecular flexibility index (Phi) is 6.46. The summed E-state index contributed by atoms with van der Waals surface area (Å²) in [5, 5.41) is 0. The Morgan fingerprint density at radius 3 is 2.02 bits per heavy atom. The van der Waals surface area contributed by atoms with Crippen LogP contribution in [-0.4, -0.2) is 50.9 Å². The first-order chi connectivity index (χ1) is 21.0. The second-order valence-corrected chi connectivity index (χ2v) is 12.1. The van der Waals surface area contributed by atoms with Gasteiger partial charge in [0.1, 0.15) is 11.5 Å². The van der Waals surface area contributed by atoms with Gasteiger partial charge in [-0.05, 0) is 110 Å². The van der Waals surface area contributed by atoms with E-state index in [1.54, 1.807) is 7.11 Å². The second kappa shape index (κ2) is 10.5. The minimum absolute atomic E-state index is 0.0943. The Hall–Kier alpha value is -4.20. The summed E-state index contributed by atoms with van der Waals surface area (Å²) in [5.74, 6) is 5.25. The third kappa shape index (κ3) is 4.67. The van der Waals surface area contributed by atoms with Crippen molar-refractivity contribution in [3.05, 3.63) is 100 Å². The van der Waals surface area contributed by atoms with Gasteiger partial charge in [0.15, 0.2) is 23.0 Å². The molecule has 6 heterocycles. The van der Waals surface area contributed by atoms with Gasteiger partial charge in [-0.3, -0.25) is 9.80 Å². The SMILES string of the molecule is COc1cc2c3cc1Oc1c4c(cc5c1[C@H](Cc1ccc(cc1)Oc1ccc(cc1)CC3N(C)CC2)N(C)CC5)OCO4. The quantitative estimate of drug-likeness (QED) is 0.245. The molecule has 7 nitrogen and oxygen atoms in total. The highest BCUT2D eigenvalue weighted by Crippen LogP contribution is 2.53. The van der Waals surface area contributed by atoms with Crippen LogP contribution in [0, 0.1) is 0 Å². The molecule has 43 heavy (non-hydrogen) atoms. The number of likely N-dealkylation sites (N-methyl/N-ethyl adjacent to an activating group) is 2. The zero-order chi connectivity index (χ0) is 29.1. The van der Waals surface area contributed by atoms with Crippen LogP contribution in [0.25, 0.3) is 0 Å². The molecule has 4 aromatic carbocycles. The summed E-state index contributed by atoms with van der Waals surface area (Å²) in [6.45, 7) is 2.12. The van der Waals surface area contributed by atoms with Crippen LogP contribution in [0.5, 0.6) is 40.2 Å². The van der Waals surface area contributed by atoms with Crippen molar-refractivity contribution >= 4 is 0 Å². The Morgan fingerprint density at radius 1 is 0.674 bits per heavy atom. The van der Waals surface area contributed by atoms with Crippen molar-refractivity contribution in [3.63, 3.8) is 0 Å². The first-order valence-electron chi connectivity index (χ1n) is 15.1. The summed E-state index contributed by atoms with van der Waals surface area (Å²) in [4.78, 5) is 4.86. The van der Waals surface area contributed by atoms with Gasteiger partial charge in [-0.15, -0.1) is 0 Å². The molecule has 0 saturated heterocycles. The van der Waals surface area contributed by atoms with Crippen molar-refractivity contribution in [2.45, 2.75) is 37.8 Å². The van der Waals surface area contributed by atoms with Gasteiger partial charge in [0.25, 0.3) is 0 Å². The van der Waals surface area contributed by atoms with Crippen LogP contribution >= 0.6 is 0 Å². The van der Waals surface area contributed by atoms with E-state index in [-0.39, 0.29) is 18.9 Å². The van der Waals surface area contributed by atoms with Gasteiger partial charge < -0.3 is 23.7 Å². The van der Waals surface area contributed by atoms with Crippen LogP contribution in [0.4, 0.5) is 0 Å². The average Bonchev–Trinajstić information content (AvgIpc) is 3.50. The van der Waals surface area contributed by atoms with Gasteiger partial charge in [0, 0.05) is 30.7 Å². The molecule has 7 heteroatoms. The molecule has 6 aliphatic rings. The molecule has 2 atom stereocenters. The fraction of sp³-hybridized carbons (Fsp3) is 0.333. The Labute approximate surface area is 252 Å². The van der Waals surface area contributed by atoms with Gasteiger partial charge in [0.05, 0.1) is 7.11 Å². The zero-order valence-corrected chi connectivity index (χ0v) is 24.9. The number of benzene rings is 4. The number of rotatable bonds is 1. The van der Waals surface area contributed by atoms with Crippen LogP contribution in [0.15, 0.2) is 66.7 Å². The molecule has 0 radical (unpaired) electrons. The topological polar surface area (TPSA) is 52.6 Å². The zero-order valence-electron chi connectivity index (χ0n) is 24.9. The van der Waals surface area contributed by atoms with E-state index in [9.17, 15) is 0 Å². The number of methoxy groups -OCH3 is 1. The molecular weight excluding hydrogens is 540 g/mol. The van der Waals surface area contributed by atoms with E-state index >= 15 is 0 Å². The molecule has 4 aromatic rings. The predicted molar refractivity (Wildman–Crippen MR) is 164 cm³/mol. The second-order valence-electron chi connectivity index (χ2n) is 12.1. The van der Waals surface area contributed by atoms with E-state index in [0.717, 1.165) is 73.1 Å². The molecule has 0 N–H and O–H groups in total. The minimum atomic E-state index is 0.0943. The molecule has 0 aromatic heterocycles. The van der Waals surface area contributed by atoms with Crippen LogP contribution in [-0.2, 0) is 25.7 Å². The van der Waals surface area contributed by atoms with E-state index in [2.05, 4.69) is 90.6 Å². The molecule has 0 fully saturated rings. The van der Waals surface area contributed by atoms with Crippen molar-refractivity contribution in [3.8, 4) is 40.2 Å². The van der Waals surface area contributed by atoms with Gasteiger partial charge in [-0.1, -0.05) is 24.3 Å². The van der Waals surface area contributed by atoms with Gasteiger partial charge in [-0.25, -0.2) is 0 Å². The normalized spacial score (nSPS) is 20.8. The molecule has 10 rings (SSSR count). The molecule has 0 aliphatic carbocycles. The minimum Gasteiger partial charge on any atom is -0.493 e. The smallest absolute Gasteiger partial charge is 0.231 e. The van der Waals surface area contributed by atoms with E-state index in [1.807, 2.05) is 0 Å². The first-order valence-corrected chi connectivity index (χ1v) is 15.1. The van der Waals surface area contributed by atoms with Crippen LogP contribution in [0.1, 0.15) is 45.5 Å². The molecule has 220 valence electrons. The molecule has 0 amide bonds. The number of hydrogen-bond donors (Lipinski definition) is 0. The molecule has 0 saturated carbocycles. The highest BCUT2D eigenvalue weighted by atomic mass is 16.7. The summed E-state index contributed by atoms with van der Waals surface area (Å²) in [5.41, 5.74) is 7.46. The lowest BCUT2D eigenvalue weighted by Crippen LogP contribution is -2.34. The molecule has 6 aliphatic heterocycles. The maximum absolute atomic E-state index is 6.99. The maximum atomic E-state index is 6.99. The summed E-state index contributed by atoms with van der Waals surface area (Å²) >= 11 is 0. The van der Waals surface area contributed by atoms with Crippen LogP contribution in [0.2, 0.25) is 0 Å². The first kappa shape index (κ1) is 26.4. The Morgan fingerprint density at radius 2 is 1.33 bits per heavy atom. The van der Waals surface area contributed by atoms with E-state index < -0.39 is 0 Å². The van der Waals surface area contributed by atoms with Crippen LogP contribution < -0.4 is 23.7 Å². The van der Waals surface area contributed by atoms with Crippen LogP contribution in [0.3, 0.4) is 0 Å². The monoisotopic (exact) mass is 576 g/mol. The lowest BCUT2D eigenvalue weighted by Gasteiger charge is -2.37. The van der Waals surface area contributed by atoms with Gasteiger partial charge in [-0.2, -0.15) is 0 Å².